The van der Waals surface area contributed by atoms with Gasteiger partial charge in [-0.05, 0) is 43.3 Å². The topological polar surface area (TPSA) is 80.0 Å². The number of hydrogen-bond acceptors (Lipinski definition) is 6. The first kappa shape index (κ1) is 17.8. The minimum atomic E-state index is -0.245. The molecule has 134 valence electrons. The fourth-order valence-corrected chi connectivity index (χ4v) is 2.64. The predicted molar refractivity (Wildman–Crippen MR) is 100 cm³/mol. The van der Waals surface area contributed by atoms with Crippen molar-refractivity contribution in [3.8, 4) is 0 Å². The summed E-state index contributed by atoms with van der Waals surface area (Å²) in [7, 11) is 1.92. The number of anilines is 3. The van der Waals surface area contributed by atoms with Crippen LogP contribution in [0.25, 0.3) is 0 Å². The molecule has 0 saturated heterocycles. The average molecular weight is 352 g/mol. The summed E-state index contributed by atoms with van der Waals surface area (Å²) in [5.74, 6) is 0.865. The molecule has 0 aliphatic heterocycles. The Kier molecular flexibility index (Phi) is 5.38. The average Bonchev–Trinajstić information content (AvgIpc) is 2.56. The van der Waals surface area contributed by atoms with Crippen LogP contribution in [0.5, 0.6) is 0 Å². The molecule has 3 N–H and O–H groups in total. The van der Waals surface area contributed by atoms with Crippen LogP contribution < -0.4 is 11.1 Å². The summed E-state index contributed by atoms with van der Waals surface area (Å²) in [5, 5.41) is 3.17. The number of nitrogens with zero attached hydrogens (tertiary/aromatic N) is 4. The van der Waals surface area contributed by atoms with E-state index in [1.54, 1.807) is 6.07 Å². The molecule has 26 heavy (non-hydrogen) atoms. The first-order valence-corrected chi connectivity index (χ1v) is 8.25. The van der Waals surface area contributed by atoms with Gasteiger partial charge in [0.1, 0.15) is 11.6 Å². The highest BCUT2D eigenvalue weighted by Gasteiger charge is 2.09. The van der Waals surface area contributed by atoms with Crippen LogP contribution in [0.2, 0.25) is 0 Å². The Morgan fingerprint density at radius 3 is 2.62 bits per heavy atom. The van der Waals surface area contributed by atoms with Gasteiger partial charge in [-0.3, -0.25) is 4.90 Å². The lowest BCUT2D eigenvalue weighted by Crippen LogP contribution is -2.20. The van der Waals surface area contributed by atoms with Crippen molar-refractivity contribution in [2.45, 2.75) is 20.0 Å². The Morgan fingerprint density at radius 2 is 1.85 bits per heavy atom. The summed E-state index contributed by atoms with van der Waals surface area (Å²) >= 11 is 0. The van der Waals surface area contributed by atoms with Crippen LogP contribution in [-0.4, -0.2) is 26.9 Å². The van der Waals surface area contributed by atoms with Crippen molar-refractivity contribution in [2.75, 3.05) is 18.1 Å². The van der Waals surface area contributed by atoms with Gasteiger partial charge < -0.3 is 11.1 Å². The van der Waals surface area contributed by atoms with Crippen LogP contribution in [0, 0.1) is 12.7 Å². The zero-order valence-electron chi connectivity index (χ0n) is 14.8. The molecule has 0 aliphatic carbocycles. The lowest BCUT2D eigenvalue weighted by molar-refractivity contribution is 0.310. The summed E-state index contributed by atoms with van der Waals surface area (Å²) in [5.41, 5.74) is 8.71. The molecule has 0 fully saturated rings. The summed E-state index contributed by atoms with van der Waals surface area (Å²) in [6, 6.07) is 14.4. The number of rotatable bonds is 6. The Balaban J connectivity index is 1.72. The maximum absolute atomic E-state index is 13.3. The predicted octanol–water partition coefficient (Wildman–Crippen LogP) is 3.28. The van der Waals surface area contributed by atoms with Gasteiger partial charge in [0.2, 0.25) is 11.9 Å². The molecule has 0 bridgehead atoms. The van der Waals surface area contributed by atoms with Crippen molar-refractivity contribution in [1.82, 2.24) is 19.9 Å². The Bertz CT molecular complexity index is 899. The molecule has 1 heterocycles. The molecule has 0 saturated carbocycles. The van der Waals surface area contributed by atoms with Gasteiger partial charge in [0.15, 0.2) is 0 Å². The Hall–Kier alpha value is -3.06. The molecule has 1 aromatic heterocycles. The van der Waals surface area contributed by atoms with Gasteiger partial charge in [-0.1, -0.05) is 30.3 Å². The smallest absolute Gasteiger partial charge is 0.232 e. The Morgan fingerprint density at radius 1 is 1.04 bits per heavy atom. The molecule has 2 aromatic carbocycles. The van der Waals surface area contributed by atoms with E-state index < -0.39 is 0 Å². The number of para-hydroxylation sites is 1. The van der Waals surface area contributed by atoms with E-state index in [0.29, 0.717) is 24.9 Å². The number of nitrogens with two attached hydrogens (primary N) is 1. The fraction of sp³-hybridized carbons (Fsp3) is 0.211. The van der Waals surface area contributed by atoms with Gasteiger partial charge in [0.05, 0.1) is 6.54 Å². The van der Waals surface area contributed by atoms with Crippen molar-refractivity contribution in [3.05, 3.63) is 71.3 Å². The highest BCUT2D eigenvalue weighted by molar-refractivity contribution is 5.58. The molecule has 3 rings (SSSR count). The fourth-order valence-electron chi connectivity index (χ4n) is 2.64. The zero-order valence-corrected chi connectivity index (χ0v) is 14.8. The highest BCUT2D eigenvalue weighted by Crippen LogP contribution is 2.18. The van der Waals surface area contributed by atoms with Gasteiger partial charge in [0, 0.05) is 12.2 Å². The summed E-state index contributed by atoms with van der Waals surface area (Å²) in [4.78, 5) is 14.8. The number of halogens is 1. The molecule has 0 amide bonds. The van der Waals surface area contributed by atoms with Gasteiger partial charge in [-0.2, -0.15) is 15.0 Å². The quantitative estimate of drug-likeness (QED) is 0.709. The van der Waals surface area contributed by atoms with Crippen LogP contribution in [-0.2, 0) is 13.1 Å². The minimum Gasteiger partial charge on any atom is -0.368 e. The van der Waals surface area contributed by atoms with E-state index in [-0.39, 0.29) is 11.8 Å². The van der Waals surface area contributed by atoms with E-state index in [1.807, 2.05) is 49.2 Å². The van der Waals surface area contributed by atoms with E-state index >= 15 is 0 Å². The second-order valence-electron chi connectivity index (χ2n) is 6.18. The number of aryl methyl sites for hydroxylation is 1. The largest absolute Gasteiger partial charge is 0.368 e. The van der Waals surface area contributed by atoms with E-state index in [2.05, 4.69) is 20.3 Å². The van der Waals surface area contributed by atoms with Crippen LogP contribution >= 0.6 is 0 Å². The van der Waals surface area contributed by atoms with E-state index in [1.165, 1.54) is 12.1 Å². The monoisotopic (exact) mass is 352 g/mol. The molecule has 0 atom stereocenters. The summed E-state index contributed by atoms with van der Waals surface area (Å²) < 4.78 is 13.3. The normalized spacial score (nSPS) is 10.9. The lowest BCUT2D eigenvalue weighted by Gasteiger charge is -2.16. The van der Waals surface area contributed by atoms with Crippen molar-refractivity contribution in [2.24, 2.45) is 0 Å². The first-order valence-electron chi connectivity index (χ1n) is 8.25. The molecule has 7 heteroatoms. The molecule has 6 nitrogen and oxygen atoms in total. The van der Waals surface area contributed by atoms with Gasteiger partial charge >= 0.3 is 0 Å². The van der Waals surface area contributed by atoms with Crippen LogP contribution in [0.4, 0.5) is 22.0 Å². The number of nitrogen functional groups attached to an aromatic ring is 1. The lowest BCUT2D eigenvalue weighted by atomic mass is 10.2. The minimum absolute atomic E-state index is 0.158. The molecule has 0 unspecified atom stereocenters. The SMILES string of the molecule is Cc1ccccc1Nc1nc(N)nc(CN(C)Cc2cccc(F)c2)n1. The zero-order chi connectivity index (χ0) is 18.5. The van der Waals surface area contributed by atoms with Crippen LogP contribution in [0.3, 0.4) is 0 Å². The molecule has 3 aromatic rings. The number of hydrogen-bond donors (Lipinski definition) is 2. The maximum Gasteiger partial charge on any atom is 0.232 e. The summed E-state index contributed by atoms with van der Waals surface area (Å²) in [6.07, 6.45) is 0. The standard InChI is InChI=1S/C19H21FN6/c1-13-6-3-4-9-16(13)22-19-24-17(23-18(21)25-19)12-26(2)11-14-7-5-8-15(20)10-14/h3-10H,11-12H2,1-2H3,(H3,21,22,23,24,25). The second kappa shape index (κ2) is 7.88. The molecule has 0 aliphatic rings. The molecular weight excluding hydrogens is 331 g/mol. The van der Waals surface area contributed by atoms with E-state index in [9.17, 15) is 4.39 Å². The van der Waals surface area contributed by atoms with Gasteiger partial charge in [-0.25, -0.2) is 4.39 Å². The number of benzene rings is 2. The summed E-state index contributed by atoms with van der Waals surface area (Å²) in [6.45, 7) is 3.04. The van der Waals surface area contributed by atoms with Crippen molar-refractivity contribution >= 4 is 17.6 Å². The van der Waals surface area contributed by atoms with Crippen molar-refractivity contribution < 1.29 is 4.39 Å². The van der Waals surface area contributed by atoms with Gasteiger partial charge in [0.25, 0.3) is 0 Å². The third-order valence-electron chi connectivity index (χ3n) is 3.84. The maximum atomic E-state index is 13.3. The molecule has 0 spiro atoms. The van der Waals surface area contributed by atoms with Crippen molar-refractivity contribution in [3.63, 3.8) is 0 Å². The van der Waals surface area contributed by atoms with E-state index in [0.717, 1.165) is 16.8 Å². The first-order chi connectivity index (χ1) is 12.5. The van der Waals surface area contributed by atoms with Crippen LogP contribution in [0.1, 0.15) is 17.0 Å². The third kappa shape index (κ3) is 4.73. The molecular formula is C19H21FN6. The van der Waals surface area contributed by atoms with Crippen LogP contribution in [0.15, 0.2) is 48.5 Å². The Labute approximate surface area is 151 Å². The van der Waals surface area contributed by atoms with Gasteiger partial charge in [-0.15, -0.1) is 0 Å². The second-order valence-corrected chi connectivity index (χ2v) is 6.18. The number of nitrogens with one attached hydrogen (secondary N) is 1. The van der Waals surface area contributed by atoms with Crippen molar-refractivity contribution in [1.29, 1.82) is 0 Å². The highest BCUT2D eigenvalue weighted by atomic mass is 19.1. The van der Waals surface area contributed by atoms with E-state index in [4.69, 9.17) is 5.73 Å². The third-order valence-corrected chi connectivity index (χ3v) is 3.84. The molecule has 0 radical (unpaired) electrons. The number of aromatic nitrogens is 3.